The van der Waals surface area contributed by atoms with E-state index in [4.69, 9.17) is 11.6 Å². The number of fused-ring (bicyclic) bond motifs is 1. The van der Waals surface area contributed by atoms with Gasteiger partial charge in [-0.3, -0.25) is 19.6 Å². The largest absolute Gasteiger partial charge is 0.352 e. The van der Waals surface area contributed by atoms with Crippen LogP contribution in [-0.2, 0) is 4.79 Å². The Morgan fingerprint density at radius 3 is 2.42 bits per heavy atom. The van der Waals surface area contributed by atoms with Crippen molar-refractivity contribution < 1.29 is 14.0 Å². The van der Waals surface area contributed by atoms with Crippen LogP contribution in [0.15, 0.2) is 24.5 Å². The SMILES string of the molecule is CC(C)C(CCN(C)C(=O)c1cc2nccnc2cc1F)NC(=O)CCl. The summed E-state index contributed by atoms with van der Waals surface area (Å²) in [6.45, 7) is 4.31. The minimum Gasteiger partial charge on any atom is -0.352 e. The molecule has 1 heterocycles. The Kier molecular flexibility index (Phi) is 6.85. The van der Waals surface area contributed by atoms with Crippen LogP contribution in [0.2, 0.25) is 0 Å². The predicted octanol–water partition coefficient (Wildman–Crippen LogP) is 2.61. The zero-order valence-electron chi connectivity index (χ0n) is 15.0. The molecule has 6 nitrogen and oxygen atoms in total. The first kappa shape index (κ1) is 20.0. The molecule has 0 aliphatic rings. The second-order valence-electron chi connectivity index (χ2n) is 6.44. The van der Waals surface area contributed by atoms with Crippen molar-refractivity contribution in [1.29, 1.82) is 0 Å². The molecule has 2 aromatic rings. The van der Waals surface area contributed by atoms with Crippen LogP contribution < -0.4 is 5.32 Å². The van der Waals surface area contributed by atoms with E-state index in [9.17, 15) is 14.0 Å². The maximum absolute atomic E-state index is 14.3. The van der Waals surface area contributed by atoms with Crippen LogP contribution in [0, 0.1) is 11.7 Å². The Balaban J connectivity index is 2.09. The van der Waals surface area contributed by atoms with E-state index in [1.54, 1.807) is 7.05 Å². The fourth-order valence-electron chi connectivity index (χ4n) is 2.61. The molecule has 1 atom stereocenters. The number of carbonyl (C=O) groups is 2. The standard InChI is InChI=1S/C18H22ClFN4O2/c1-11(2)14(23-17(25)10-19)4-7-24(3)18(26)12-8-15-16(9-13(12)20)22-6-5-21-15/h5-6,8-9,11,14H,4,7,10H2,1-3H3,(H,23,25). The van der Waals surface area contributed by atoms with Gasteiger partial charge in [-0.15, -0.1) is 11.6 Å². The van der Waals surface area contributed by atoms with Gasteiger partial charge in [0, 0.05) is 38.1 Å². The van der Waals surface area contributed by atoms with E-state index in [1.165, 1.54) is 29.4 Å². The fraction of sp³-hybridized carbons (Fsp3) is 0.444. The highest BCUT2D eigenvalue weighted by molar-refractivity contribution is 6.27. The number of aromatic nitrogens is 2. The molecule has 140 valence electrons. The molecule has 0 aliphatic heterocycles. The van der Waals surface area contributed by atoms with Gasteiger partial charge in [-0.1, -0.05) is 13.8 Å². The molecule has 1 aromatic heterocycles. The van der Waals surface area contributed by atoms with Gasteiger partial charge in [0.15, 0.2) is 0 Å². The first-order valence-electron chi connectivity index (χ1n) is 8.34. The molecule has 1 aromatic carbocycles. The summed E-state index contributed by atoms with van der Waals surface area (Å²) in [5, 5.41) is 2.83. The Bertz CT molecular complexity index is 800. The molecular weight excluding hydrogens is 359 g/mol. The molecular formula is C18H22ClFN4O2. The number of halogens is 2. The van der Waals surface area contributed by atoms with Gasteiger partial charge in [0.25, 0.3) is 5.91 Å². The summed E-state index contributed by atoms with van der Waals surface area (Å²) in [7, 11) is 1.60. The molecule has 0 spiro atoms. The van der Waals surface area contributed by atoms with Crippen LogP contribution in [0.1, 0.15) is 30.6 Å². The first-order chi connectivity index (χ1) is 12.3. The summed E-state index contributed by atoms with van der Waals surface area (Å²) in [6, 6.07) is 2.50. The predicted molar refractivity (Wildman–Crippen MR) is 98.6 cm³/mol. The maximum atomic E-state index is 14.3. The van der Waals surface area contributed by atoms with Crippen LogP contribution >= 0.6 is 11.6 Å². The Morgan fingerprint density at radius 2 is 1.85 bits per heavy atom. The van der Waals surface area contributed by atoms with Gasteiger partial charge in [-0.2, -0.15) is 0 Å². The third kappa shape index (κ3) is 4.88. The van der Waals surface area contributed by atoms with E-state index in [0.717, 1.165) is 0 Å². The van der Waals surface area contributed by atoms with Crippen LogP contribution in [0.25, 0.3) is 11.0 Å². The van der Waals surface area contributed by atoms with Crippen LogP contribution in [0.5, 0.6) is 0 Å². The van der Waals surface area contributed by atoms with E-state index >= 15 is 0 Å². The highest BCUT2D eigenvalue weighted by atomic mass is 35.5. The van der Waals surface area contributed by atoms with E-state index in [1.807, 2.05) is 13.8 Å². The number of benzene rings is 1. The summed E-state index contributed by atoms with van der Waals surface area (Å²) in [4.78, 5) is 33.7. The zero-order valence-corrected chi connectivity index (χ0v) is 15.8. The molecule has 0 fully saturated rings. The summed E-state index contributed by atoms with van der Waals surface area (Å²) >= 11 is 5.53. The normalized spacial score (nSPS) is 12.2. The summed E-state index contributed by atoms with van der Waals surface area (Å²) < 4.78 is 14.3. The van der Waals surface area contributed by atoms with Crippen molar-refractivity contribution in [3.05, 3.63) is 35.9 Å². The van der Waals surface area contributed by atoms with Gasteiger partial charge in [0.05, 0.1) is 16.6 Å². The van der Waals surface area contributed by atoms with Gasteiger partial charge >= 0.3 is 0 Å². The van der Waals surface area contributed by atoms with Crippen molar-refractivity contribution in [3.63, 3.8) is 0 Å². The van der Waals surface area contributed by atoms with Crippen LogP contribution in [0.3, 0.4) is 0 Å². The third-order valence-corrected chi connectivity index (χ3v) is 4.43. The van der Waals surface area contributed by atoms with Crippen molar-refractivity contribution in [2.24, 2.45) is 5.92 Å². The third-order valence-electron chi connectivity index (χ3n) is 4.18. The van der Waals surface area contributed by atoms with Gasteiger partial charge in [-0.05, 0) is 18.4 Å². The second-order valence-corrected chi connectivity index (χ2v) is 6.71. The van der Waals surface area contributed by atoms with Gasteiger partial charge in [-0.25, -0.2) is 4.39 Å². The average Bonchev–Trinajstić information content (AvgIpc) is 2.63. The molecule has 0 aliphatic carbocycles. The molecule has 1 N–H and O–H groups in total. The second kappa shape index (κ2) is 8.89. The molecule has 26 heavy (non-hydrogen) atoms. The number of nitrogens with one attached hydrogen (secondary N) is 1. The molecule has 0 saturated heterocycles. The monoisotopic (exact) mass is 380 g/mol. The molecule has 2 amide bonds. The molecule has 1 unspecified atom stereocenters. The Morgan fingerprint density at radius 1 is 1.23 bits per heavy atom. The first-order valence-corrected chi connectivity index (χ1v) is 8.88. The van der Waals surface area contributed by atoms with Crippen molar-refractivity contribution in [3.8, 4) is 0 Å². The van der Waals surface area contributed by atoms with Crippen molar-refractivity contribution in [2.75, 3.05) is 19.5 Å². The van der Waals surface area contributed by atoms with E-state index in [2.05, 4.69) is 15.3 Å². The van der Waals surface area contributed by atoms with Gasteiger partial charge in [0.1, 0.15) is 11.7 Å². The molecule has 0 saturated carbocycles. The lowest BCUT2D eigenvalue weighted by Crippen LogP contribution is -2.42. The quantitative estimate of drug-likeness (QED) is 0.749. The number of alkyl halides is 1. The number of carbonyl (C=O) groups excluding carboxylic acids is 2. The van der Waals surface area contributed by atoms with Crippen molar-refractivity contribution >= 4 is 34.4 Å². The Labute approximate surface area is 156 Å². The zero-order chi connectivity index (χ0) is 19.3. The van der Waals surface area contributed by atoms with Crippen molar-refractivity contribution in [1.82, 2.24) is 20.2 Å². The molecule has 0 bridgehead atoms. The lowest BCUT2D eigenvalue weighted by molar-refractivity contribution is -0.119. The number of hydrogen-bond acceptors (Lipinski definition) is 4. The summed E-state index contributed by atoms with van der Waals surface area (Å²) in [6.07, 6.45) is 3.50. The fourth-order valence-corrected chi connectivity index (χ4v) is 2.68. The molecule has 8 heteroatoms. The topological polar surface area (TPSA) is 75.2 Å². The minimum absolute atomic E-state index is 0.0496. The van der Waals surface area contributed by atoms with Gasteiger partial charge < -0.3 is 10.2 Å². The van der Waals surface area contributed by atoms with Gasteiger partial charge in [0.2, 0.25) is 5.91 Å². The highest BCUT2D eigenvalue weighted by Crippen LogP contribution is 2.17. The lowest BCUT2D eigenvalue weighted by atomic mass is 10.0. The number of nitrogens with zero attached hydrogens (tertiary/aromatic N) is 3. The number of amides is 2. The Hall–Kier alpha value is -2.28. The maximum Gasteiger partial charge on any atom is 0.256 e. The number of rotatable bonds is 7. The van der Waals surface area contributed by atoms with E-state index < -0.39 is 11.7 Å². The average molecular weight is 381 g/mol. The van der Waals surface area contributed by atoms with E-state index in [0.29, 0.717) is 24.0 Å². The van der Waals surface area contributed by atoms with E-state index in [-0.39, 0.29) is 29.3 Å². The van der Waals surface area contributed by atoms with Crippen LogP contribution in [-0.4, -0.2) is 52.2 Å². The molecule has 2 rings (SSSR count). The summed E-state index contributed by atoms with van der Waals surface area (Å²) in [5.41, 5.74) is 0.805. The van der Waals surface area contributed by atoms with Crippen molar-refractivity contribution in [2.45, 2.75) is 26.3 Å². The smallest absolute Gasteiger partial charge is 0.256 e. The lowest BCUT2D eigenvalue weighted by Gasteiger charge is -2.25. The summed E-state index contributed by atoms with van der Waals surface area (Å²) in [5.74, 6) is -1.26. The van der Waals surface area contributed by atoms with Crippen LogP contribution in [0.4, 0.5) is 4.39 Å². The number of hydrogen-bond donors (Lipinski definition) is 1. The minimum atomic E-state index is -0.634. The highest BCUT2D eigenvalue weighted by Gasteiger charge is 2.21. The molecule has 0 radical (unpaired) electrons.